The third-order valence-electron chi connectivity index (χ3n) is 2.51. The summed E-state index contributed by atoms with van der Waals surface area (Å²) in [6, 6.07) is 1.87. The van der Waals surface area contributed by atoms with Gasteiger partial charge in [0.1, 0.15) is 12.3 Å². The van der Waals surface area contributed by atoms with E-state index in [1.165, 1.54) is 0 Å². The van der Waals surface area contributed by atoms with Crippen LogP contribution in [0, 0.1) is 12.8 Å². The second kappa shape index (κ2) is 8.07. The molecule has 5 nitrogen and oxygen atoms in total. The van der Waals surface area contributed by atoms with Crippen LogP contribution in [0.25, 0.3) is 0 Å². The lowest BCUT2D eigenvalue weighted by Crippen LogP contribution is -2.20. The molecule has 1 rings (SSSR count). The number of anilines is 2. The summed E-state index contributed by atoms with van der Waals surface area (Å²) in [5.41, 5.74) is 2.08. The molecule has 20 heavy (non-hydrogen) atoms. The van der Waals surface area contributed by atoms with Crippen LogP contribution in [0.2, 0.25) is 5.15 Å². The minimum absolute atomic E-state index is 0.00429. The molecular weight excluding hydrogens is 278 g/mol. The monoisotopic (exact) mass is 299 g/mol. The van der Waals surface area contributed by atoms with Crippen molar-refractivity contribution in [2.45, 2.75) is 27.7 Å². The average Bonchev–Trinajstić information content (AvgIpc) is 2.37. The molecule has 1 aromatic rings. The first kappa shape index (κ1) is 16.7. The topological polar surface area (TPSA) is 63.2 Å². The number of amides is 1. The highest BCUT2D eigenvalue weighted by Gasteiger charge is 2.13. The number of pyridine rings is 1. The molecule has 0 bridgehead atoms. The predicted octanol–water partition coefficient (Wildman–Crippen LogP) is 3.09. The molecule has 0 saturated carbocycles. The molecule has 1 amide bonds. The lowest BCUT2D eigenvalue weighted by Gasteiger charge is -2.16. The van der Waals surface area contributed by atoms with Gasteiger partial charge in [-0.25, -0.2) is 4.98 Å². The molecule has 2 N–H and O–H groups in total. The van der Waals surface area contributed by atoms with E-state index in [1.54, 1.807) is 0 Å². The van der Waals surface area contributed by atoms with Crippen molar-refractivity contribution in [2.24, 2.45) is 5.92 Å². The Balaban J connectivity index is 2.88. The highest BCUT2D eigenvalue weighted by Crippen LogP contribution is 2.29. The Hall–Kier alpha value is -1.33. The fourth-order valence-electron chi connectivity index (χ4n) is 1.58. The van der Waals surface area contributed by atoms with Crippen molar-refractivity contribution >= 4 is 28.9 Å². The van der Waals surface area contributed by atoms with E-state index in [4.69, 9.17) is 16.3 Å². The first-order chi connectivity index (χ1) is 9.43. The Morgan fingerprint density at radius 3 is 2.80 bits per heavy atom. The van der Waals surface area contributed by atoms with Crippen molar-refractivity contribution < 1.29 is 9.53 Å². The van der Waals surface area contributed by atoms with Gasteiger partial charge in [-0.2, -0.15) is 0 Å². The Morgan fingerprint density at radius 2 is 2.20 bits per heavy atom. The Morgan fingerprint density at radius 1 is 1.50 bits per heavy atom. The van der Waals surface area contributed by atoms with Crippen molar-refractivity contribution in [3.63, 3.8) is 0 Å². The molecular formula is C14H22ClN3O2. The van der Waals surface area contributed by atoms with Gasteiger partial charge < -0.3 is 15.4 Å². The van der Waals surface area contributed by atoms with Crippen LogP contribution in [0.5, 0.6) is 0 Å². The zero-order chi connectivity index (χ0) is 15.1. The van der Waals surface area contributed by atoms with Crippen LogP contribution in [0.1, 0.15) is 26.5 Å². The Bertz CT molecular complexity index is 464. The molecule has 0 aliphatic carbocycles. The molecule has 0 aromatic carbocycles. The number of rotatable bonds is 7. The van der Waals surface area contributed by atoms with Gasteiger partial charge in [0.25, 0.3) is 5.91 Å². The van der Waals surface area contributed by atoms with Crippen LogP contribution in [-0.2, 0) is 9.53 Å². The van der Waals surface area contributed by atoms with E-state index in [0.29, 0.717) is 18.2 Å². The van der Waals surface area contributed by atoms with E-state index < -0.39 is 0 Å². The SMILES string of the molecule is CCOCC(=O)Nc1c(NCC(C)C)cc(C)nc1Cl. The van der Waals surface area contributed by atoms with E-state index in [-0.39, 0.29) is 17.7 Å². The van der Waals surface area contributed by atoms with Gasteiger partial charge >= 0.3 is 0 Å². The summed E-state index contributed by atoms with van der Waals surface area (Å²) in [4.78, 5) is 15.9. The molecule has 1 aromatic heterocycles. The van der Waals surface area contributed by atoms with E-state index in [9.17, 15) is 4.79 Å². The Labute approximate surface area is 125 Å². The number of hydrogen-bond donors (Lipinski definition) is 2. The fraction of sp³-hybridized carbons (Fsp3) is 0.571. The van der Waals surface area contributed by atoms with E-state index in [0.717, 1.165) is 17.9 Å². The molecule has 0 aliphatic rings. The number of halogens is 1. The highest BCUT2D eigenvalue weighted by molar-refractivity contribution is 6.33. The van der Waals surface area contributed by atoms with Crippen molar-refractivity contribution in [1.82, 2.24) is 4.98 Å². The van der Waals surface area contributed by atoms with Crippen LogP contribution in [0.15, 0.2) is 6.07 Å². The maximum Gasteiger partial charge on any atom is 0.250 e. The van der Waals surface area contributed by atoms with Crippen LogP contribution < -0.4 is 10.6 Å². The van der Waals surface area contributed by atoms with E-state index >= 15 is 0 Å². The zero-order valence-electron chi connectivity index (χ0n) is 12.4. The lowest BCUT2D eigenvalue weighted by molar-refractivity contribution is -0.120. The maximum atomic E-state index is 11.7. The van der Waals surface area contributed by atoms with Crippen molar-refractivity contribution in [2.75, 3.05) is 30.4 Å². The number of aryl methyl sites for hydroxylation is 1. The van der Waals surface area contributed by atoms with Crippen molar-refractivity contribution in [1.29, 1.82) is 0 Å². The van der Waals surface area contributed by atoms with Crippen LogP contribution in [-0.4, -0.2) is 30.6 Å². The highest BCUT2D eigenvalue weighted by atomic mass is 35.5. The summed E-state index contributed by atoms with van der Waals surface area (Å²) in [6.45, 7) is 9.19. The molecule has 0 aliphatic heterocycles. The normalized spacial score (nSPS) is 10.7. The molecule has 1 heterocycles. The third-order valence-corrected chi connectivity index (χ3v) is 2.78. The first-order valence-electron chi connectivity index (χ1n) is 6.72. The predicted molar refractivity (Wildman–Crippen MR) is 82.4 cm³/mol. The minimum atomic E-state index is -0.244. The molecule has 0 spiro atoms. The molecule has 112 valence electrons. The molecule has 0 radical (unpaired) electrons. The molecule has 6 heteroatoms. The lowest BCUT2D eigenvalue weighted by atomic mass is 10.2. The number of aromatic nitrogens is 1. The molecule has 0 unspecified atom stereocenters. The standard InChI is InChI=1S/C14H22ClN3O2/c1-5-20-8-12(19)18-13-11(16-7-9(2)3)6-10(4)17-14(13)15/h6,9H,5,7-8H2,1-4H3,(H,16,17)(H,18,19). The zero-order valence-corrected chi connectivity index (χ0v) is 13.2. The summed E-state index contributed by atoms with van der Waals surface area (Å²) < 4.78 is 5.07. The summed E-state index contributed by atoms with van der Waals surface area (Å²) in [7, 11) is 0. The van der Waals surface area contributed by atoms with Crippen molar-refractivity contribution in [3.8, 4) is 0 Å². The van der Waals surface area contributed by atoms with Gasteiger partial charge in [0.2, 0.25) is 0 Å². The van der Waals surface area contributed by atoms with Crippen molar-refractivity contribution in [3.05, 3.63) is 16.9 Å². The second-order valence-electron chi connectivity index (χ2n) is 4.94. The van der Waals surface area contributed by atoms with Gasteiger partial charge in [-0.1, -0.05) is 25.4 Å². The first-order valence-corrected chi connectivity index (χ1v) is 7.10. The van der Waals surface area contributed by atoms with Crippen LogP contribution in [0.3, 0.4) is 0 Å². The van der Waals surface area contributed by atoms with Gasteiger partial charge in [-0.05, 0) is 25.8 Å². The number of carbonyl (C=O) groups excluding carboxylic acids is 1. The Kier molecular flexibility index (Phi) is 6.75. The quantitative estimate of drug-likeness (QED) is 0.760. The van der Waals surface area contributed by atoms with E-state index in [2.05, 4.69) is 29.5 Å². The number of nitrogens with one attached hydrogen (secondary N) is 2. The summed E-state index contributed by atoms with van der Waals surface area (Å²) in [5.74, 6) is 0.237. The van der Waals surface area contributed by atoms with Gasteiger partial charge in [-0.3, -0.25) is 4.79 Å². The maximum absolute atomic E-state index is 11.7. The average molecular weight is 300 g/mol. The molecule has 0 atom stereocenters. The number of nitrogens with zero attached hydrogens (tertiary/aromatic N) is 1. The van der Waals surface area contributed by atoms with Gasteiger partial charge in [0, 0.05) is 18.8 Å². The van der Waals surface area contributed by atoms with Gasteiger partial charge in [0.05, 0.1) is 5.69 Å². The van der Waals surface area contributed by atoms with Crippen LogP contribution in [0.4, 0.5) is 11.4 Å². The largest absolute Gasteiger partial charge is 0.383 e. The van der Waals surface area contributed by atoms with Gasteiger partial charge in [-0.15, -0.1) is 0 Å². The van der Waals surface area contributed by atoms with E-state index in [1.807, 2.05) is 19.9 Å². The van der Waals surface area contributed by atoms with Gasteiger partial charge in [0.15, 0.2) is 5.15 Å². The second-order valence-corrected chi connectivity index (χ2v) is 5.30. The number of hydrogen-bond acceptors (Lipinski definition) is 4. The molecule has 0 saturated heterocycles. The fourth-order valence-corrected chi connectivity index (χ4v) is 1.86. The molecule has 0 fully saturated rings. The summed E-state index contributed by atoms with van der Waals surface area (Å²) in [5, 5.41) is 6.30. The van der Waals surface area contributed by atoms with Crippen LogP contribution >= 0.6 is 11.6 Å². The number of ether oxygens (including phenoxy) is 1. The minimum Gasteiger partial charge on any atom is -0.383 e. The smallest absolute Gasteiger partial charge is 0.250 e. The number of carbonyl (C=O) groups is 1. The summed E-state index contributed by atoms with van der Waals surface area (Å²) >= 11 is 6.12. The summed E-state index contributed by atoms with van der Waals surface area (Å²) in [6.07, 6.45) is 0. The third kappa shape index (κ3) is 5.35.